The van der Waals surface area contributed by atoms with Crippen molar-refractivity contribution in [2.75, 3.05) is 26.7 Å². The highest BCUT2D eigenvalue weighted by Crippen LogP contribution is 2.32. The number of hydrogen-bond acceptors (Lipinski definition) is 2. The third-order valence-electron chi connectivity index (χ3n) is 3.52. The van der Waals surface area contributed by atoms with Gasteiger partial charge in [-0.25, -0.2) is 0 Å². The van der Waals surface area contributed by atoms with Gasteiger partial charge >= 0.3 is 6.18 Å². The number of hydrogen-bond donors (Lipinski definition) is 2. The quantitative estimate of drug-likeness (QED) is 0.663. The first-order valence-electron chi connectivity index (χ1n) is 7.22. The second kappa shape index (κ2) is 7.38. The van der Waals surface area contributed by atoms with Crippen LogP contribution in [-0.4, -0.2) is 38.9 Å². The maximum absolute atomic E-state index is 12.1. The van der Waals surface area contributed by atoms with Crippen LogP contribution in [0.15, 0.2) is 29.3 Å². The van der Waals surface area contributed by atoms with Crippen molar-refractivity contribution in [3.05, 3.63) is 29.8 Å². The van der Waals surface area contributed by atoms with E-state index in [0.29, 0.717) is 19.1 Å². The highest BCUT2D eigenvalue weighted by Gasteiger charge is 2.26. The zero-order valence-corrected chi connectivity index (χ0v) is 12.4. The van der Waals surface area contributed by atoms with Crippen LogP contribution in [0, 0.1) is 0 Å². The molecule has 0 saturated carbocycles. The summed E-state index contributed by atoms with van der Waals surface area (Å²) in [6.07, 6.45) is -4.18. The van der Waals surface area contributed by atoms with Crippen molar-refractivity contribution in [2.45, 2.75) is 24.9 Å². The van der Waals surface area contributed by atoms with Crippen molar-refractivity contribution in [1.82, 2.24) is 10.6 Å². The van der Waals surface area contributed by atoms with Gasteiger partial charge in [-0.3, -0.25) is 4.99 Å². The molecule has 0 aromatic heterocycles. The van der Waals surface area contributed by atoms with Crippen LogP contribution in [-0.2, 0) is 0 Å². The van der Waals surface area contributed by atoms with Crippen molar-refractivity contribution < 1.29 is 17.9 Å². The Labute approximate surface area is 127 Å². The molecule has 1 heterocycles. The van der Waals surface area contributed by atoms with Gasteiger partial charge in [0.05, 0.1) is 13.0 Å². The Morgan fingerprint density at radius 2 is 2.09 bits per heavy atom. The van der Waals surface area contributed by atoms with Crippen LogP contribution in [0.4, 0.5) is 13.2 Å². The molecule has 0 saturated heterocycles. The van der Waals surface area contributed by atoms with E-state index >= 15 is 0 Å². The minimum Gasteiger partial charge on any atom is -0.493 e. The molecule has 0 fully saturated rings. The largest absolute Gasteiger partial charge is 0.493 e. The molecule has 0 radical (unpaired) electrons. The fraction of sp³-hybridized carbons (Fsp3) is 0.533. The van der Waals surface area contributed by atoms with E-state index in [-0.39, 0.29) is 12.5 Å². The molecule has 1 unspecified atom stereocenters. The molecule has 7 heteroatoms. The number of halogens is 3. The van der Waals surface area contributed by atoms with Crippen LogP contribution in [0.3, 0.4) is 0 Å². The Hall–Kier alpha value is -1.92. The monoisotopic (exact) mass is 315 g/mol. The van der Waals surface area contributed by atoms with Crippen molar-refractivity contribution in [2.24, 2.45) is 4.99 Å². The van der Waals surface area contributed by atoms with Crippen molar-refractivity contribution in [1.29, 1.82) is 0 Å². The molecule has 1 aliphatic rings. The number of ether oxygens (including phenoxy) is 1. The molecule has 2 rings (SSSR count). The summed E-state index contributed by atoms with van der Waals surface area (Å²) >= 11 is 0. The first-order chi connectivity index (χ1) is 10.5. The highest BCUT2D eigenvalue weighted by molar-refractivity contribution is 5.79. The smallest absolute Gasteiger partial charge is 0.390 e. The summed E-state index contributed by atoms with van der Waals surface area (Å²) in [4.78, 5) is 3.94. The molecule has 2 N–H and O–H groups in total. The van der Waals surface area contributed by atoms with E-state index in [1.807, 2.05) is 24.3 Å². The van der Waals surface area contributed by atoms with Gasteiger partial charge in [-0.1, -0.05) is 18.2 Å². The van der Waals surface area contributed by atoms with E-state index in [0.717, 1.165) is 17.7 Å². The summed E-state index contributed by atoms with van der Waals surface area (Å²) in [5.41, 5.74) is 1.12. The molecule has 0 spiro atoms. The number of guanidine groups is 1. The second-order valence-corrected chi connectivity index (χ2v) is 5.12. The first-order valence-corrected chi connectivity index (χ1v) is 7.22. The normalized spacial score (nSPS) is 18.4. The van der Waals surface area contributed by atoms with E-state index in [1.54, 1.807) is 7.05 Å². The lowest BCUT2D eigenvalue weighted by Crippen LogP contribution is -2.41. The average molecular weight is 315 g/mol. The van der Waals surface area contributed by atoms with E-state index in [9.17, 15) is 13.2 Å². The predicted molar refractivity (Wildman–Crippen MR) is 79.3 cm³/mol. The van der Waals surface area contributed by atoms with Gasteiger partial charge < -0.3 is 15.4 Å². The Morgan fingerprint density at radius 1 is 1.32 bits per heavy atom. The number of benzene rings is 1. The SMILES string of the molecule is CN=C(NCCC(F)(F)F)NCC1CCOc2ccccc21. The van der Waals surface area contributed by atoms with E-state index < -0.39 is 12.6 Å². The first kappa shape index (κ1) is 16.5. The molecule has 122 valence electrons. The number of fused-ring (bicyclic) bond motifs is 1. The number of nitrogens with zero attached hydrogens (tertiary/aromatic N) is 1. The lowest BCUT2D eigenvalue weighted by molar-refractivity contribution is -0.132. The van der Waals surface area contributed by atoms with Crippen LogP contribution in [0.1, 0.15) is 24.3 Å². The molecule has 1 atom stereocenters. The molecular formula is C15H20F3N3O. The summed E-state index contributed by atoms with van der Waals surface area (Å²) < 4.78 is 42.0. The zero-order chi connectivity index (χ0) is 16.0. The molecule has 0 aliphatic carbocycles. The van der Waals surface area contributed by atoms with Crippen molar-refractivity contribution in [3.8, 4) is 5.75 Å². The topological polar surface area (TPSA) is 45.7 Å². The summed E-state index contributed by atoms with van der Waals surface area (Å²) in [5, 5.41) is 5.76. The van der Waals surface area contributed by atoms with Gasteiger partial charge in [-0.15, -0.1) is 0 Å². The van der Waals surface area contributed by atoms with Crippen LogP contribution >= 0.6 is 0 Å². The maximum atomic E-state index is 12.1. The minimum atomic E-state index is -4.16. The third-order valence-corrected chi connectivity index (χ3v) is 3.52. The van der Waals surface area contributed by atoms with E-state index in [1.165, 1.54) is 0 Å². The van der Waals surface area contributed by atoms with E-state index in [2.05, 4.69) is 15.6 Å². The van der Waals surface area contributed by atoms with Gasteiger partial charge in [0, 0.05) is 26.1 Å². The number of alkyl halides is 3. The van der Waals surface area contributed by atoms with Gasteiger partial charge in [0.1, 0.15) is 5.75 Å². The van der Waals surface area contributed by atoms with Gasteiger partial charge in [-0.05, 0) is 18.1 Å². The lowest BCUT2D eigenvalue weighted by Gasteiger charge is -2.26. The summed E-state index contributed by atoms with van der Waals surface area (Å²) in [6, 6.07) is 7.82. The fourth-order valence-electron chi connectivity index (χ4n) is 2.39. The van der Waals surface area contributed by atoms with Crippen LogP contribution < -0.4 is 15.4 Å². The number of nitrogens with one attached hydrogen (secondary N) is 2. The lowest BCUT2D eigenvalue weighted by atomic mass is 9.93. The molecule has 1 aromatic carbocycles. The standard InChI is InChI=1S/C15H20F3N3O/c1-19-14(20-8-7-15(16,17)18)21-10-11-6-9-22-13-5-3-2-4-12(11)13/h2-5,11H,6-10H2,1H3,(H2,19,20,21). The average Bonchev–Trinajstić information content (AvgIpc) is 2.49. The van der Waals surface area contributed by atoms with Gasteiger partial charge in [0.2, 0.25) is 0 Å². The molecule has 1 aliphatic heterocycles. The molecule has 0 amide bonds. The molecule has 22 heavy (non-hydrogen) atoms. The predicted octanol–water partition coefficient (Wildman–Crippen LogP) is 2.67. The highest BCUT2D eigenvalue weighted by atomic mass is 19.4. The summed E-state index contributed by atoms with van der Waals surface area (Å²) in [5.74, 6) is 1.51. The Morgan fingerprint density at radius 3 is 2.82 bits per heavy atom. The summed E-state index contributed by atoms with van der Waals surface area (Å²) in [6.45, 7) is 1.06. The van der Waals surface area contributed by atoms with Gasteiger partial charge in [0.15, 0.2) is 5.96 Å². The number of para-hydroxylation sites is 1. The minimum absolute atomic E-state index is 0.187. The zero-order valence-electron chi connectivity index (χ0n) is 12.4. The van der Waals surface area contributed by atoms with Crippen LogP contribution in [0.5, 0.6) is 5.75 Å². The Kier molecular flexibility index (Phi) is 5.51. The van der Waals surface area contributed by atoms with Crippen molar-refractivity contribution >= 4 is 5.96 Å². The molecule has 1 aromatic rings. The van der Waals surface area contributed by atoms with Gasteiger partial charge in [-0.2, -0.15) is 13.2 Å². The van der Waals surface area contributed by atoms with E-state index in [4.69, 9.17) is 4.74 Å². The Bertz CT molecular complexity index is 517. The second-order valence-electron chi connectivity index (χ2n) is 5.12. The molecule has 4 nitrogen and oxygen atoms in total. The van der Waals surface area contributed by atoms with Crippen molar-refractivity contribution in [3.63, 3.8) is 0 Å². The summed E-state index contributed by atoms with van der Waals surface area (Å²) in [7, 11) is 1.54. The van der Waals surface area contributed by atoms with Crippen LogP contribution in [0.2, 0.25) is 0 Å². The molecular weight excluding hydrogens is 295 g/mol. The Balaban J connectivity index is 1.84. The maximum Gasteiger partial charge on any atom is 0.390 e. The molecule has 0 bridgehead atoms. The number of aliphatic imine (C=N–C) groups is 1. The fourth-order valence-corrected chi connectivity index (χ4v) is 2.39. The third kappa shape index (κ3) is 4.82. The van der Waals surface area contributed by atoms with Crippen LogP contribution in [0.25, 0.3) is 0 Å². The number of rotatable bonds is 4. The van der Waals surface area contributed by atoms with Gasteiger partial charge in [0.25, 0.3) is 0 Å².